The standard InChI is InChI=1S/C40H43FN8O5/c1-52-39(50)31-20-33(41)34(21-32(31)40(51)53-2)48-22-28(23-48)47-18-16-46(17-19-47)26-10-12-27(13-11-26)49-38-35(37(42)43-24-44-38)36(45-49)25-8-14-30(15-9-25)54-29-6-4-3-5-7-29/h3-9,14-15,20-21,24,26-28H,10-13,16-19,22-23H2,1-2H3,(H2,42,43,44). The molecule has 2 saturated heterocycles. The summed E-state index contributed by atoms with van der Waals surface area (Å²) >= 11 is 0. The third-order valence-corrected chi connectivity index (χ3v) is 11.1. The van der Waals surface area contributed by atoms with Crippen molar-refractivity contribution in [1.29, 1.82) is 0 Å². The SMILES string of the molecule is COC(=O)c1cc(F)c(N2CC(N3CCN(C4CCC(n5nc(-c6ccc(Oc7ccccc7)cc6)c6c(N)ncnc65)CC4)CC3)C2)cc1C(=O)OC. The van der Waals surface area contributed by atoms with E-state index in [1.54, 1.807) is 0 Å². The second-order valence-corrected chi connectivity index (χ2v) is 14.1. The minimum atomic E-state index is -0.787. The fraction of sp³-hybridized carbons (Fsp3) is 0.375. The van der Waals surface area contributed by atoms with Crippen LogP contribution in [-0.2, 0) is 9.47 Å². The van der Waals surface area contributed by atoms with Crippen LogP contribution in [0.5, 0.6) is 11.5 Å². The van der Waals surface area contributed by atoms with Gasteiger partial charge < -0.3 is 24.8 Å². The molecule has 14 heteroatoms. The van der Waals surface area contributed by atoms with Crippen LogP contribution in [0.25, 0.3) is 22.3 Å². The topological polar surface area (TPSA) is 141 Å². The van der Waals surface area contributed by atoms with Gasteiger partial charge >= 0.3 is 11.9 Å². The number of methoxy groups -OCH3 is 2. The van der Waals surface area contributed by atoms with E-state index in [1.165, 1.54) is 26.6 Å². The van der Waals surface area contributed by atoms with Gasteiger partial charge in [-0.15, -0.1) is 0 Å². The number of hydrogen-bond donors (Lipinski definition) is 1. The number of carbonyl (C=O) groups excluding carboxylic acids is 2. The van der Waals surface area contributed by atoms with Crippen LogP contribution in [0.4, 0.5) is 15.9 Å². The van der Waals surface area contributed by atoms with E-state index >= 15 is 4.39 Å². The lowest BCUT2D eigenvalue weighted by atomic mass is 9.89. The van der Waals surface area contributed by atoms with E-state index in [0.717, 1.165) is 91.7 Å². The van der Waals surface area contributed by atoms with Gasteiger partial charge in [0, 0.05) is 56.9 Å². The fourth-order valence-electron chi connectivity index (χ4n) is 8.14. The summed E-state index contributed by atoms with van der Waals surface area (Å²) in [6.45, 7) is 5.11. The Morgan fingerprint density at radius 1 is 0.759 bits per heavy atom. The minimum absolute atomic E-state index is 0.00823. The van der Waals surface area contributed by atoms with E-state index in [4.69, 9.17) is 25.0 Å². The first kappa shape index (κ1) is 35.4. The van der Waals surface area contributed by atoms with Gasteiger partial charge in [-0.2, -0.15) is 5.10 Å². The van der Waals surface area contributed by atoms with Crippen molar-refractivity contribution in [3.05, 3.63) is 90.0 Å². The number of anilines is 2. The molecule has 3 aliphatic rings. The van der Waals surface area contributed by atoms with Crippen molar-refractivity contribution < 1.29 is 28.2 Å². The summed E-state index contributed by atoms with van der Waals surface area (Å²) in [5.74, 6) is -0.138. The molecule has 2 aliphatic heterocycles. The van der Waals surface area contributed by atoms with Crippen LogP contribution in [0.1, 0.15) is 52.4 Å². The van der Waals surface area contributed by atoms with Gasteiger partial charge in [-0.1, -0.05) is 18.2 Å². The highest BCUT2D eigenvalue weighted by molar-refractivity contribution is 6.04. The Labute approximate surface area is 312 Å². The fourth-order valence-corrected chi connectivity index (χ4v) is 8.14. The van der Waals surface area contributed by atoms with E-state index in [2.05, 4.69) is 24.4 Å². The summed E-state index contributed by atoms with van der Waals surface area (Å²) in [7, 11) is 2.42. The maximum Gasteiger partial charge on any atom is 0.338 e. The molecule has 2 aromatic heterocycles. The summed E-state index contributed by atoms with van der Waals surface area (Å²) in [5.41, 5.74) is 9.01. The van der Waals surface area contributed by atoms with Crippen LogP contribution in [-0.4, -0.2) is 107 Å². The molecule has 0 amide bonds. The van der Waals surface area contributed by atoms with Gasteiger partial charge in [-0.25, -0.2) is 28.6 Å². The van der Waals surface area contributed by atoms with Crippen molar-refractivity contribution in [3.63, 3.8) is 0 Å². The zero-order chi connectivity index (χ0) is 37.3. The number of aromatic nitrogens is 4. The molecule has 280 valence electrons. The number of esters is 2. The van der Waals surface area contributed by atoms with Crippen molar-refractivity contribution in [1.82, 2.24) is 29.5 Å². The van der Waals surface area contributed by atoms with E-state index < -0.39 is 17.8 Å². The van der Waals surface area contributed by atoms with Crippen LogP contribution in [0.3, 0.4) is 0 Å². The normalized spacial score (nSPS) is 19.7. The van der Waals surface area contributed by atoms with Gasteiger partial charge in [0.15, 0.2) is 5.65 Å². The number of nitrogens with two attached hydrogens (primary N) is 1. The molecule has 2 N–H and O–H groups in total. The predicted molar refractivity (Wildman–Crippen MR) is 201 cm³/mol. The van der Waals surface area contributed by atoms with E-state index in [1.807, 2.05) is 59.5 Å². The second kappa shape index (κ2) is 15.0. The maximum atomic E-state index is 15.1. The molecule has 0 spiro atoms. The molecule has 0 radical (unpaired) electrons. The number of piperazine rings is 1. The lowest BCUT2D eigenvalue weighted by molar-refractivity contribution is 0.0436. The highest BCUT2D eigenvalue weighted by atomic mass is 19.1. The van der Waals surface area contributed by atoms with Gasteiger partial charge in [0.1, 0.15) is 35.2 Å². The van der Waals surface area contributed by atoms with Crippen LogP contribution in [0, 0.1) is 5.82 Å². The number of benzene rings is 3. The average Bonchev–Trinajstić information content (AvgIpc) is 3.59. The molecular weight excluding hydrogens is 691 g/mol. The summed E-state index contributed by atoms with van der Waals surface area (Å²) in [5, 5.41) is 5.88. The van der Waals surface area contributed by atoms with E-state index in [-0.39, 0.29) is 28.9 Å². The van der Waals surface area contributed by atoms with Crippen molar-refractivity contribution in [3.8, 4) is 22.8 Å². The summed E-state index contributed by atoms with van der Waals surface area (Å²) in [6.07, 6.45) is 5.61. The molecule has 0 bridgehead atoms. The zero-order valence-corrected chi connectivity index (χ0v) is 30.4. The molecule has 4 heterocycles. The number of rotatable bonds is 9. The van der Waals surface area contributed by atoms with Crippen LogP contribution in [0.15, 0.2) is 73.1 Å². The zero-order valence-electron chi connectivity index (χ0n) is 30.4. The average molecular weight is 735 g/mol. The van der Waals surface area contributed by atoms with Crippen LogP contribution in [0.2, 0.25) is 0 Å². The summed E-state index contributed by atoms with van der Waals surface area (Å²) < 4.78 is 32.8. The van der Waals surface area contributed by atoms with Crippen molar-refractivity contribution in [2.45, 2.75) is 43.8 Å². The van der Waals surface area contributed by atoms with Crippen LogP contribution >= 0.6 is 0 Å². The maximum absolute atomic E-state index is 15.1. The minimum Gasteiger partial charge on any atom is -0.465 e. The second-order valence-electron chi connectivity index (χ2n) is 14.1. The summed E-state index contributed by atoms with van der Waals surface area (Å²) in [6, 6.07) is 21.0. The summed E-state index contributed by atoms with van der Waals surface area (Å²) in [4.78, 5) is 40.5. The Hall–Kier alpha value is -5.60. The number of halogens is 1. The number of para-hydroxylation sites is 1. The highest BCUT2D eigenvalue weighted by Crippen LogP contribution is 2.38. The Morgan fingerprint density at radius 2 is 1.35 bits per heavy atom. The van der Waals surface area contributed by atoms with Crippen molar-refractivity contribution in [2.24, 2.45) is 0 Å². The number of fused-ring (bicyclic) bond motifs is 1. The highest BCUT2D eigenvalue weighted by Gasteiger charge is 2.38. The Balaban J connectivity index is 0.871. The number of hydrogen-bond acceptors (Lipinski definition) is 12. The molecule has 1 aliphatic carbocycles. The monoisotopic (exact) mass is 734 g/mol. The third-order valence-electron chi connectivity index (χ3n) is 11.1. The van der Waals surface area contributed by atoms with Gasteiger partial charge in [0.2, 0.25) is 0 Å². The number of carbonyl (C=O) groups is 2. The molecule has 0 unspecified atom stereocenters. The first-order valence-electron chi connectivity index (χ1n) is 18.4. The molecular formula is C40H43FN8O5. The molecule has 3 aromatic carbocycles. The van der Waals surface area contributed by atoms with Crippen molar-refractivity contribution in [2.75, 3.05) is 64.1 Å². The molecule has 8 rings (SSSR count). The first-order chi connectivity index (χ1) is 26.3. The molecule has 54 heavy (non-hydrogen) atoms. The van der Waals surface area contributed by atoms with Crippen LogP contribution < -0.4 is 15.4 Å². The number of ether oxygens (including phenoxy) is 3. The van der Waals surface area contributed by atoms with Gasteiger partial charge in [-0.05, 0) is 74.2 Å². The van der Waals surface area contributed by atoms with Gasteiger partial charge in [0.25, 0.3) is 0 Å². The third kappa shape index (κ3) is 6.82. The quantitative estimate of drug-likeness (QED) is 0.189. The number of nitrogen functional groups attached to an aromatic ring is 1. The molecule has 1 saturated carbocycles. The largest absolute Gasteiger partial charge is 0.465 e. The van der Waals surface area contributed by atoms with Gasteiger partial charge in [-0.3, -0.25) is 9.80 Å². The van der Waals surface area contributed by atoms with E-state index in [0.29, 0.717) is 24.9 Å². The molecule has 5 aromatic rings. The predicted octanol–water partition coefficient (Wildman–Crippen LogP) is 5.57. The lowest BCUT2D eigenvalue weighted by Gasteiger charge is -2.50. The molecule has 3 fully saturated rings. The first-order valence-corrected chi connectivity index (χ1v) is 18.4. The lowest BCUT2D eigenvalue weighted by Crippen LogP contribution is -2.64. The Kier molecular flexibility index (Phi) is 9.86. The Bertz CT molecular complexity index is 2140. The van der Waals surface area contributed by atoms with E-state index in [9.17, 15) is 9.59 Å². The van der Waals surface area contributed by atoms with Gasteiger partial charge in [0.05, 0.1) is 42.5 Å². The molecule has 13 nitrogen and oxygen atoms in total. The molecule has 0 atom stereocenters. The number of nitrogens with zero attached hydrogens (tertiary/aromatic N) is 7. The Morgan fingerprint density at radius 3 is 2.00 bits per heavy atom. The van der Waals surface area contributed by atoms with Crippen molar-refractivity contribution >= 4 is 34.5 Å². The smallest absolute Gasteiger partial charge is 0.338 e.